The van der Waals surface area contributed by atoms with Crippen molar-refractivity contribution in [1.29, 1.82) is 0 Å². The molecule has 1 aromatic rings. The Bertz CT molecular complexity index is 506. The predicted molar refractivity (Wildman–Crippen MR) is 87.9 cm³/mol. The molecule has 1 aromatic carbocycles. The molecule has 1 aliphatic heterocycles. The lowest BCUT2D eigenvalue weighted by molar-refractivity contribution is -0.148. The normalized spacial score (nSPS) is 20.2. The maximum absolute atomic E-state index is 12.0. The van der Waals surface area contributed by atoms with Crippen molar-refractivity contribution in [3.63, 3.8) is 0 Å². The molecule has 4 nitrogen and oxygen atoms in total. The molecule has 2 unspecified atom stereocenters. The van der Waals surface area contributed by atoms with Crippen LogP contribution in [0.3, 0.4) is 0 Å². The average Bonchev–Trinajstić information content (AvgIpc) is 2.79. The molecule has 0 saturated carbocycles. The number of carbonyl (C=O) groups is 2. The van der Waals surface area contributed by atoms with Crippen molar-refractivity contribution >= 4 is 50.4 Å². The number of rotatable bonds is 5. The summed E-state index contributed by atoms with van der Waals surface area (Å²) in [4.78, 5) is 25.0. The van der Waals surface area contributed by atoms with E-state index in [1.807, 2.05) is 24.3 Å². The Kier molecular flexibility index (Phi) is 5.42. The van der Waals surface area contributed by atoms with Gasteiger partial charge in [-0.05, 0) is 46.2 Å². The first-order valence-electron chi connectivity index (χ1n) is 6.34. The van der Waals surface area contributed by atoms with Crippen LogP contribution in [0.15, 0.2) is 24.3 Å². The SMILES string of the molecule is O=C(O)C(Cc1ccc(I)cc1)N1CC(CBr)CC1=O. The van der Waals surface area contributed by atoms with Crippen molar-refractivity contribution in [1.82, 2.24) is 4.90 Å². The van der Waals surface area contributed by atoms with E-state index >= 15 is 0 Å². The van der Waals surface area contributed by atoms with Gasteiger partial charge >= 0.3 is 5.97 Å². The summed E-state index contributed by atoms with van der Waals surface area (Å²) in [6, 6.07) is 6.95. The van der Waals surface area contributed by atoms with E-state index in [1.54, 1.807) is 0 Å². The van der Waals surface area contributed by atoms with Gasteiger partial charge < -0.3 is 10.0 Å². The zero-order chi connectivity index (χ0) is 14.7. The van der Waals surface area contributed by atoms with E-state index in [9.17, 15) is 14.7 Å². The summed E-state index contributed by atoms with van der Waals surface area (Å²) in [5.74, 6) is -0.791. The topological polar surface area (TPSA) is 57.6 Å². The number of hydrogen-bond donors (Lipinski definition) is 1. The molecule has 20 heavy (non-hydrogen) atoms. The molecule has 0 aromatic heterocycles. The first-order valence-corrected chi connectivity index (χ1v) is 8.54. The summed E-state index contributed by atoms with van der Waals surface area (Å²) in [6.45, 7) is 0.519. The Morgan fingerprint density at radius 3 is 2.60 bits per heavy atom. The number of amides is 1. The van der Waals surface area contributed by atoms with E-state index in [2.05, 4.69) is 38.5 Å². The van der Waals surface area contributed by atoms with Crippen LogP contribution in [0.4, 0.5) is 0 Å². The van der Waals surface area contributed by atoms with Crippen LogP contribution in [0.2, 0.25) is 0 Å². The molecule has 2 rings (SSSR count). The number of carboxylic acid groups (broad SMARTS) is 1. The van der Waals surface area contributed by atoms with Crippen molar-refractivity contribution in [3.05, 3.63) is 33.4 Å². The number of carboxylic acids is 1. The molecule has 1 N–H and O–H groups in total. The van der Waals surface area contributed by atoms with Crippen LogP contribution in [0.25, 0.3) is 0 Å². The molecule has 0 aliphatic carbocycles. The van der Waals surface area contributed by atoms with Crippen LogP contribution in [0.1, 0.15) is 12.0 Å². The van der Waals surface area contributed by atoms with Crippen LogP contribution < -0.4 is 0 Å². The minimum atomic E-state index is -0.938. The van der Waals surface area contributed by atoms with Gasteiger partial charge in [-0.15, -0.1) is 0 Å². The summed E-state index contributed by atoms with van der Waals surface area (Å²) >= 11 is 5.57. The van der Waals surface area contributed by atoms with Gasteiger partial charge in [0.2, 0.25) is 5.91 Å². The molecular formula is C14H15BrINO3. The monoisotopic (exact) mass is 451 g/mol. The van der Waals surface area contributed by atoms with Gasteiger partial charge in [0.1, 0.15) is 6.04 Å². The Morgan fingerprint density at radius 1 is 1.45 bits per heavy atom. The highest BCUT2D eigenvalue weighted by atomic mass is 127. The highest BCUT2D eigenvalue weighted by molar-refractivity contribution is 14.1. The Morgan fingerprint density at radius 2 is 2.10 bits per heavy atom. The molecule has 6 heteroatoms. The number of alkyl halides is 1. The van der Waals surface area contributed by atoms with Crippen molar-refractivity contribution in [2.45, 2.75) is 18.9 Å². The second-order valence-corrected chi connectivity index (χ2v) is 6.85. The van der Waals surface area contributed by atoms with E-state index < -0.39 is 12.0 Å². The largest absolute Gasteiger partial charge is 0.480 e. The van der Waals surface area contributed by atoms with Gasteiger partial charge in [0.05, 0.1) is 0 Å². The fourth-order valence-electron chi connectivity index (χ4n) is 2.39. The van der Waals surface area contributed by atoms with Gasteiger partial charge in [-0.1, -0.05) is 28.1 Å². The summed E-state index contributed by atoms with van der Waals surface area (Å²) in [5, 5.41) is 10.1. The van der Waals surface area contributed by atoms with Crippen LogP contribution in [0, 0.1) is 9.49 Å². The van der Waals surface area contributed by atoms with Crippen LogP contribution in [0.5, 0.6) is 0 Å². The molecule has 0 spiro atoms. The average molecular weight is 452 g/mol. The highest BCUT2D eigenvalue weighted by Crippen LogP contribution is 2.23. The summed E-state index contributed by atoms with van der Waals surface area (Å²) in [6.07, 6.45) is 0.786. The number of nitrogens with zero attached hydrogens (tertiary/aromatic N) is 1. The summed E-state index contributed by atoms with van der Waals surface area (Å²) in [5.41, 5.74) is 0.938. The number of carbonyl (C=O) groups excluding carboxylic acids is 1. The Balaban J connectivity index is 2.13. The van der Waals surface area contributed by atoms with Crippen molar-refractivity contribution < 1.29 is 14.7 Å². The van der Waals surface area contributed by atoms with Gasteiger partial charge in [-0.25, -0.2) is 4.79 Å². The molecule has 1 aliphatic rings. The fraction of sp³-hybridized carbons (Fsp3) is 0.429. The molecule has 1 fully saturated rings. The van der Waals surface area contributed by atoms with Gasteiger partial charge in [0, 0.05) is 28.3 Å². The smallest absolute Gasteiger partial charge is 0.326 e. The molecule has 1 saturated heterocycles. The second kappa shape index (κ2) is 6.89. The molecule has 1 heterocycles. The number of benzene rings is 1. The Labute approximate surface area is 139 Å². The van der Waals surface area contributed by atoms with E-state index in [0.29, 0.717) is 19.4 Å². The standard InChI is InChI=1S/C14H15BrINO3/c15-7-10-6-13(18)17(8-10)12(14(19)20)5-9-1-3-11(16)4-2-9/h1-4,10,12H,5-8H2,(H,19,20). The van der Waals surface area contributed by atoms with E-state index in [4.69, 9.17) is 0 Å². The Hall–Kier alpha value is -0.630. The zero-order valence-corrected chi connectivity index (χ0v) is 14.5. The number of hydrogen-bond acceptors (Lipinski definition) is 2. The van der Waals surface area contributed by atoms with E-state index in [-0.39, 0.29) is 11.8 Å². The molecule has 2 atom stereocenters. The molecule has 108 valence electrons. The maximum Gasteiger partial charge on any atom is 0.326 e. The maximum atomic E-state index is 12.0. The lowest BCUT2D eigenvalue weighted by Gasteiger charge is -2.24. The van der Waals surface area contributed by atoms with Crippen molar-refractivity contribution in [3.8, 4) is 0 Å². The second-order valence-electron chi connectivity index (χ2n) is 4.96. The zero-order valence-electron chi connectivity index (χ0n) is 10.8. The van der Waals surface area contributed by atoms with Crippen molar-refractivity contribution in [2.24, 2.45) is 5.92 Å². The first-order chi connectivity index (χ1) is 9.51. The minimum Gasteiger partial charge on any atom is -0.480 e. The molecule has 0 bridgehead atoms. The van der Waals surface area contributed by atoms with E-state index in [1.165, 1.54) is 4.90 Å². The third-order valence-electron chi connectivity index (χ3n) is 3.46. The van der Waals surface area contributed by atoms with Gasteiger partial charge in [-0.3, -0.25) is 4.79 Å². The van der Waals surface area contributed by atoms with Crippen LogP contribution in [-0.2, 0) is 16.0 Å². The third kappa shape index (κ3) is 3.72. The number of aliphatic carboxylic acids is 1. The van der Waals surface area contributed by atoms with Crippen LogP contribution in [-0.4, -0.2) is 39.8 Å². The number of likely N-dealkylation sites (tertiary alicyclic amines) is 1. The quantitative estimate of drug-likeness (QED) is 0.552. The minimum absolute atomic E-state index is 0.0626. The van der Waals surface area contributed by atoms with Crippen molar-refractivity contribution in [2.75, 3.05) is 11.9 Å². The molecule has 1 amide bonds. The van der Waals surface area contributed by atoms with E-state index in [0.717, 1.165) is 14.5 Å². The predicted octanol–water partition coefficient (Wildman–Crippen LogP) is 2.53. The van der Waals surface area contributed by atoms with Gasteiger partial charge in [0.15, 0.2) is 0 Å². The third-order valence-corrected chi connectivity index (χ3v) is 5.10. The molecular weight excluding hydrogens is 437 g/mol. The number of halogens is 2. The summed E-state index contributed by atoms with van der Waals surface area (Å²) < 4.78 is 1.11. The first kappa shape index (κ1) is 15.8. The fourth-order valence-corrected chi connectivity index (χ4v) is 3.18. The summed E-state index contributed by atoms with van der Waals surface area (Å²) in [7, 11) is 0. The van der Waals surface area contributed by atoms with Gasteiger partial charge in [-0.2, -0.15) is 0 Å². The molecule has 0 radical (unpaired) electrons. The lowest BCUT2D eigenvalue weighted by Crippen LogP contribution is -2.43. The lowest BCUT2D eigenvalue weighted by atomic mass is 10.0. The van der Waals surface area contributed by atoms with Crippen LogP contribution >= 0.6 is 38.5 Å². The van der Waals surface area contributed by atoms with Gasteiger partial charge in [0.25, 0.3) is 0 Å². The highest BCUT2D eigenvalue weighted by Gasteiger charge is 2.37.